The fraction of sp³-hybridized carbons (Fsp3) is 0.548. The molecule has 3 aromatic rings. The van der Waals surface area contributed by atoms with E-state index in [0.29, 0.717) is 40.6 Å². The second-order valence-electron chi connectivity index (χ2n) is 13.7. The van der Waals surface area contributed by atoms with E-state index in [1.807, 2.05) is 33.7 Å². The van der Waals surface area contributed by atoms with Crippen LogP contribution in [-0.4, -0.2) is 56.6 Å². The number of pyridine rings is 1. The molecule has 0 bridgehead atoms. The zero-order chi connectivity index (χ0) is 28.4. The van der Waals surface area contributed by atoms with Crippen LogP contribution in [0.3, 0.4) is 0 Å². The summed E-state index contributed by atoms with van der Waals surface area (Å²) in [5.41, 5.74) is 2.00. The van der Waals surface area contributed by atoms with Crippen LogP contribution in [0, 0.1) is 17.3 Å². The van der Waals surface area contributed by atoms with E-state index in [-0.39, 0.29) is 34.5 Å². The zero-order valence-corrected chi connectivity index (χ0v) is 24.8. The average molecular weight is 563 g/mol. The van der Waals surface area contributed by atoms with Gasteiger partial charge in [-0.25, -0.2) is 4.98 Å². The van der Waals surface area contributed by atoms with Gasteiger partial charge in [-0.05, 0) is 50.7 Å². The molecule has 40 heavy (non-hydrogen) atoms. The van der Waals surface area contributed by atoms with Crippen molar-refractivity contribution in [2.75, 3.05) is 25.0 Å². The number of carbonyl (C=O) groups excluding carboxylic acids is 1. The third kappa shape index (κ3) is 5.48. The number of nitrogens with one attached hydrogen (secondary N) is 2. The van der Waals surface area contributed by atoms with Gasteiger partial charge in [0.1, 0.15) is 5.65 Å². The molecule has 2 aromatic heterocycles. The van der Waals surface area contributed by atoms with E-state index >= 15 is 0 Å². The molecular weight excluding hydrogens is 524 g/mol. The number of likely N-dealkylation sites (tertiary alicyclic amines) is 1. The van der Waals surface area contributed by atoms with Gasteiger partial charge in [-0.1, -0.05) is 50.6 Å². The Labute approximate surface area is 240 Å². The maximum atomic E-state index is 13.6. The smallest absolute Gasteiger partial charge is 0.260 e. The monoisotopic (exact) mass is 562 g/mol. The molecule has 0 radical (unpaired) electrons. The van der Waals surface area contributed by atoms with Gasteiger partial charge in [0, 0.05) is 70.3 Å². The topological polar surface area (TPSA) is 92.2 Å². The molecular formula is C31H39ClN6O2. The van der Waals surface area contributed by atoms with Crippen LogP contribution in [0.15, 0.2) is 41.3 Å². The predicted octanol–water partition coefficient (Wildman–Crippen LogP) is 5.12. The van der Waals surface area contributed by atoms with Gasteiger partial charge < -0.3 is 15.5 Å². The van der Waals surface area contributed by atoms with Crippen LogP contribution >= 0.6 is 11.6 Å². The summed E-state index contributed by atoms with van der Waals surface area (Å²) in [7, 11) is 0. The number of amides is 1. The number of fused-ring (bicyclic) bond motifs is 2. The molecule has 2 atom stereocenters. The van der Waals surface area contributed by atoms with E-state index in [1.54, 1.807) is 12.3 Å². The number of aromatic nitrogens is 3. The van der Waals surface area contributed by atoms with Crippen molar-refractivity contribution in [1.29, 1.82) is 0 Å². The molecule has 2 N–H and O–H groups in total. The third-order valence-electron chi connectivity index (χ3n) is 8.38. The number of rotatable bonds is 8. The Hall–Kier alpha value is -2.97. The standard InChI is InChI=1S/C31H39ClN6O2/c1-30(2,3)17-31(4,5)34-14-25(39)37-15-22-23(16-37)26(22)35-29-33-13-18-12-21(20-8-6-7-9-24(20)32)28(40)38(19-10-11-19)27(18)36-29/h6-9,12-13,19,22-23,26,34H,10-11,14-17H2,1-5H3,(H,33,35,36). The summed E-state index contributed by atoms with van der Waals surface area (Å²) in [6.07, 6.45) is 4.72. The molecule has 1 aromatic carbocycles. The number of halogens is 1. The lowest BCUT2D eigenvalue weighted by Gasteiger charge is -2.34. The fourth-order valence-electron chi connectivity index (χ4n) is 6.64. The van der Waals surface area contributed by atoms with Crippen molar-refractivity contribution in [2.45, 2.75) is 71.5 Å². The number of piperidine rings is 1. The van der Waals surface area contributed by atoms with Crippen LogP contribution in [0.1, 0.15) is 59.9 Å². The van der Waals surface area contributed by atoms with Crippen LogP contribution in [-0.2, 0) is 4.79 Å². The predicted molar refractivity (Wildman–Crippen MR) is 160 cm³/mol. The number of anilines is 1. The zero-order valence-electron chi connectivity index (χ0n) is 24.0. The van der Waals surface area contributed by atoms with Gasteiger partial charge in [0.15, 0.2) is 0 Å². The molecule has 9 heteroatoms. The molecule has 2 unspecified atom stereocenters. The maximum Gasteiger partial charge on any atom is 0.260 e. The second-order valence-corrected chi connectivity index (χ2v) is 14.1. The molecule has 3 aliphatic rings. The number of carbonyl (C=O) groups is 1. The molecule has 3 heterocycles. The highest BCUT2D eigenvalue weighted by Crippen LogP contribution is 2.47. The molecule has 1 saturated heterocycles. The van der Waals surface area contributed by atoms with Crippen LogP contribution in [0.25, 0.3) is 22.2 Å². The van der Waals surface area contributed by atoms with E-state index in [4.69, 9.17) is 16.6 Å². The summed E-state index contributed by atoms with van der Waals surface area (Å²) >= 11 is 6.44. The van der Waals surface area contributed by atoms with Gasteiger partial charge in [-0.2, -0.15) is 4.98 Å². The SMILES string of the molecule is CC(C)(C)CC(C)(C)NCC(=O)N1CC2C(C1)C2Nc1ncc2cc(-c3ccccc3Cl)c(=O)n(C3CC3)c2n1. The molecule has 212 valence electrons. The molecule has 2 saturated carbocycles. The molecule has 1 aliphatic heterocycles. The Morgan fingerprint density at radius 2 is 1.77 bits per heavy atom. The van der Waals surface area contributed by atoms with E-state index in [9.17, 15) is 9.59 Å². The minimum atomic E-state index is -0.0938. The Morgan fingerprint density at radius 1 is 1.07 bits per heavy atom. The minimum absolute atomic E-state index is 0.0653. The van der Waals surface area contributed by atoms with E-state index in [1.165, 1.54) is 0 Å². The Morgan fingerprint density at radius 3 is 2.42 bits per heavy atom. The highest BCUT2D eigenvalue weighted by atomic mass is 35.5. The highest BCUT2D eigenvalue weighted by molar-refractivity contribution is 6.33. The quantitative estimate of drug-likeness (QED) is 0.396. The van der Waals surface area contributed by atoms with Gasteiger partial charge in [-0.15, -0.1) is 0 Å². The first-order valence-electron chi connectivity index (χ1n) is 14.4. The van der Waals surface area contributed by atoms with Gasteiger partial charge in [0.05, 0.1) is 6.54 Å². The second kappa shape index (κ2) is 9.84. The van der Waals surface area contributed by atoms with Crippen LogP contribution in [0.4, 0.5) is 5.95 Å². The number of benzene rings is 1. The molecule has 3 fully saturated rings. The molecule has 1 amide bonds. The van der Waals surface area contributed by atoms with Crippen molar-refractivity contribution in [2.24, 2.45) is 17.3 Å². The Bertz CT molecular complexity index is 1510. The van der Waals surface area contributed by atoms with Crippen LogP contribution in [0.2, 0.25) is 5.02 Å². The summed E-state index contributed by atoms with van der Waals surface area (Å²) in [6, 6.07) is 9.69. The van der Waals surface area contributed by atoms with Gasteiger partial charge in [-0.3, -0.25) is 14.2 Å². The van der Waals surface area contributed by atoms with Gasteiger partial charge in [0.2, 0.25) is 11.9 Å². The minimum Gasteiger partial charge on any atom is -0.351 e. The Kier molecular flexibility index (Phi) is 6.69. The summed E-state index contributed by atoms with van der Waals surface area (Å²) < 4.78 is 1.82. The van der Waals surface area contributed by atoms with E-state index in [0.717, 1.165) is 43.3 Å². The van der Waals surface area contributed by atoms with E-state index in [2.05, 4.69) is 50.2 Å². The van der Waals surface area contributed by atoms with Crippen LogP contribution in [0.5, 0.6) is 0 Å². The van der Waals surface area contributed by atoms with Crippen molar-refractivity contribution >= 4 is 34.5 Å². The van der Waals surface area contributed by atoms with Crippen LogP contribution < -0.4 is 16.2 Å². The van der Waals surface area contributed by atoms with Gasteiger partial charge in [0.25, 0.3) is 5.56 Å². The molecule has 2 aliphatic carbocycles. The number of hydrogen-bond acceptors (Lipinski definition) is 6. The normalized spacial score (nSPS) is 22.4. The highest BCUT2D eigenvalue weighted by Gasteiger charge is 2.57. The van der Waals surface area contributed by atoms with Crippen molar-refractivity contribution < 1.29 is 4.79 Å². The number of nitrogens with zero attached hydrogens (tertiary/aromatic N) is 4. The lowest BCUT2D eigenvalue weighted by molar-refractivity contribution is -0.130. The lowest BCUT2D eigenvalue weighted by atomic mass is 9.82. The van der Waals surface area contributed by atoms with Crippen molar-refractivity contribution in [3.8, 4) is 11.1 Å². The first-order chi connectivity index (χ1) is 18.9. The van der Waals surface area contributed by atoms with Gasteiger partial charge >= 0.3 is 0 Å². The first kappa shape index (κ1) is 27.2. The van der Waals surface area contributed by atoms with E-state index < -0.39 is 0 Å². The first-order valence-corrected chi connectivity index (χ1v) is 14.7. The average Bonchev–Trinajstić information content (AvgIpc) is 3.78. The number of hydrogen-bond donors (Lipinski definition) is 2. The fourth-order valence-corrected chi connectivity index (χ4v) is 6.88. The lowest BCUT2D eigenvalue weighted by Crippen LogP contribution is -2.48. The summed E-state index contributed by atoms with van der Waals surface area (Å²) in [5, 5.41) is 8.34. The molecule has 0 spiro atoms. The molecule has 8 nitrogen and oxygen atoms in total. The van der Waals surface area contributed by atoms with Crippen molar-refractivity contribution in [3.05, 3.63) is 51.9 Å². The Balaban J connectivity index is 1.13. The third-order valence-corrected chi connectivity index (χ3v) is 8.71. The summed E-state index contributed by atoms with van der Waals surface area (Å²) in [5.74, 6) is 1.51. The maximum absolute atomic E-state index is 13.6. The van der Waals surface area contributed by atoms with Crippen molar-refractivity contribution in [1.82, 2.24) is 24.8 Å². The summed E-state index contributed by atoms with van der Waals surface area (Å²) in [6.45, 7) is 12.9. The summed E-state index contributed by atoms with van der Waals surface area (Å²) in [4.78, 5) is 37.9. The molecule has 6 rings (SSSR count). The van der Waals surface area contributed by atoms with Crippen molar-refractivity contribution in [3.63, 3.8) is 0 Å². The largest absolute Gasteiger partial charge is 0.351 e.